The number of amides is 2. The lowest BCUT2D eigenvalue weighted by atomic mass is 9.99. The van der Waals surface area contributed by atoms with Gasteiger partial charge in [0.1, 0.15) is 17.0 Å². The van der Waals surface area contributed by atoms with Crippen LogP contribution >= 0.6 is 11.3 Å². The minimum Gasteiger partial charge on any atom is -0.444 e. The fraction of sp³-hybridized carbons (Fsp3) is 0.455. The molecule has 10 nitrogen and oxygen atoms in total. The second kappa shape index (κ2) is 14.6. The predicted molar refractivity (Wildman–Crippen MR) is 168 cm³/mol. The highest BCUT2D eigenvalue weighted by molar-refractivity contribution is 7.15. The number of carbonyl (C=O) groups is 3. The van der Waals surface area contributed by atoms with Crippen molar-refractivity contribution < 1.29 is 46.5 Å². The molecule has 1 fully saturated rings. The molecule has 0 spiro atoms. The van der Waals surface area contributed by atoms with Crippen molar-refractivity contribution in [3.05, 3.63) is 76.7 Å². The summed E-state index contributed by atoms with van der Waals surface area (Å²) in [7, 11) is 0. The third-order valence-electron chi connectivity index (χ3n) is 6.75. The molecule has 0 radical (unpaired) electrons. The Hall–Kier alpha value is -4.33. The minimum atomic E-state index is -2.67. The zero-order valence-corrected chi connectivity index (χ0v) is 27.7. The van der Waals surface area contributed by atoms with Crippen molar-refractivity contribution in [3.63, 3.8) is 0 Å². The number of halogens is 3. The van der Waals surface area contributed by atoms with E-state index in [4.69, 9.17) is 18.9 Å². The van der Waals surface area contributed by atoms with Crippen molar-refractivity contribution in [1.82, 2.24) is 15.2 Å². The fourth-order valence-electron chi connectivity index (χ4n) is 4.83. The first-order valence-electron chi connectivity index (χ1n) is 14.9. The van der Waals surface area contributed by atoms with Gasteiger partial charge >= 0.3 is 18.3 Å². The summed E-state index contributed by atoms with van der Waals surface area (Å²) < 4.78 is 62.2. The summed E-state index contributed by atoms with van der Waals surface area (Å²) in [6.07, 6.45) is -6.07. The summed E-state index contributed by atoms with van der Waals surface area (Å²) in [6.45, 7) is 9.89. The lowest BCUT2D eigenvalue weighted by Crippen LogP contribution is -2.46. The highest BCUT2D eigenvalue weighted by Crippen LogP contribution is 2.33. The van der Waals surface area contributed by atoms with Crippen molar-refractivity contribution in [2.45, 2.75) is 90.4 Å². The lowest BCUT2D eigenvalue weighted by Gasteiger charge is -2.30. The van der Waals surface area contributed by atoms with Gasteiger partial charge in [-0.1, -0.05) is 36.4 Å². The van der Waals surface area contributed by atoms with Crippen molar-refractivity contribution in [1.29, 1.82) is 0 Å². The van der Waals surface area contributed by atoms with E-state index in [9.17, 15) is 27.6 Å². The molecular weight excluding hydrogens is 639 g/mol. The monoisotopic (exact) mass is 677 g/mol. The highest BCUT2D eigenvalue weighted by atomic mass is 32.1. The first kappa shape index (κ1) is 35.5. The number of hydrogen-bond acceptors (Lipinski definition) is 9. The molecule has 47 heavy (non-hydrogen) atoms. The highest BCUT2D eigenvalue weighted by Gasteiger charge is 2.50. The lowest BCUT2D eigenvalue weighted by molar-refractivity contribution is -0.0518. The Balaban J connectivity index is 1.62. The van der Waals surface area contributed by atoms with Crippen molar-refractivity contribution >= 4 is 29.7 Å². The van der Waals surface area contributed by atoms with Crippen LogP contribution in [0.1, 0.15) is 64.1 Å². The Labute approximate surface area is 275 Å². The van der Waals surface area contributed by atoms with Crippen LogP contribution < -0.4 is 5.32 Å². The maximum Gasteiger partial charge on any atom is 0.509 e. The van der Waals surface area contributed by atoms with E-state index >= 15 is 0 Å². The molecular formula is C33H38F3N3O7S. The van der Waals surface area contributed by atoms with Crippen molar-refractivity contribution in [2.24, 2.45) is 0 Å². The zero-order chi connectivity index (χ0) is 34.5. The number of carbonyl (C=O) groups excluding carboxylic acids is 3. The quantitative estimate of drug-likeness (QED) is 0.191. The summed E-state index contributed by atoms with van der Waals surface area (Å²) >= 11 is 0.887. The SMILES string of the molecule is CC(C)(C)OC(=O)O[C@H]1CN(C(=O)OC(C)(C)C)[C@H](Cc2ccc(-c3cnc(C(F)F)s3)cc2)[C@@H]1OC(=O)NCc1cccc(F)c1. The summed E-state index contributed by atoms with van der Waals surface area (Å²) in [5.74, 6) is -0.469. The number of nitrogens with zero attached hydrogens (tertiary/aromatic N) is 2. The standard InChI is InChI=1S/C33H38F3N3O7S/c1-32(2,3)45-30(41)39-18-24(43-31(42)46-33(4,5)6)26(44-29(40)38-16-20-8-7-9-22(34)14-20)23(39)15-19-10-12-21(13-11-19)25-17-37-28(47-25)27(35)36/h7-14,17,23-24,26-27H,15-16,18H2,1-6H3,(H,38,40)/t23-,24+,26+/m1/s1. The van der Waals surface area contributed by atoms with E-state index in [1.165, 1.54) is 29.3 Å². The number of thiazole rings is 1. The first-order chi connectivity index (χ1) is 22.0. The van der Waals surface area contributed by atoms with E-state index in [1.54, 1.807) is 71.9 Å². The summed E-state index contributed by atoms with van der Waals surface area (Å²) in [6, 6.07) is 11.8. The number of alkyl carbamates (subject to hydrolysis) is 1. The van der Waals surface area contributed by atoms with Crippen LogP contribution in [0.3, 0.4) is 0 Å². The van der Waals surface area contributed by atoms with E-state index in [0.717, 1.165) is 11.3 Å². The first-order valence-corrected chi connectivity index (χ1v) is 15.7. The van der Waals surface area contributed by atoms with Crippen LogP contribution in [0.4, 0.5) is 27.6 Å². The molecule has 1 aromatic heterocycles. The third-order valence-corrected chi connectivity index (χ3v) is 7.80. The maximum absolute atomic E-state index is 13.7. The number of benzene rings is 2. The van der Waals surface area contributed by atoms with E-state index < -0.39 is 60.0 Å². The molecule has 2 amide bonds. The van der Waals surface area contributed by atoms with Crippen molar-refractivity contribution in [3.8, 4) is 10.4 Å². The van der Waals surface area contributed by atoms with Gasteiger partial charge in [-0.05, 0) is 76.8 Å². The number of rotatable bonds is 8. The van der Waals surface area contributed by atoms with Crippen LogP contribution in [-0.2, 0) is 31.9 Å². The Bertz CT molecular complexity index is 1550. The molecule has 3 aromatic rings. The average Bonchev–Trinajstić information content (AvgIpc) is 3.57. The van der Waals surface area contributed by atoms with Gasteiger partial charge in [-0.3, -0.25) is 4.90 Å². The third kappa shape index (κ3) is 10.3. The van der Waals surface area contributed by atoms with Crippen LogP contribution in [0.15, 0.2) is 54.7 Å². The molecule has 4 rings (SSSR count). The van der Waals surface area contributed by atoms with Gasteiger partial charge in [0, 0.05) is 12.7 Å². The maximum atomic E-state index is 13.7. The smallest absolute Gasteiger partial charge is 0.444 e. The molecule has 2 heterocycles. The van der Waals surface area contributed by atoms with Gasteiger partial charge < -0.3 is 24.3 Å². The molecule has 1 aliphatic rings. The molecule has 1 aliphatic heterocycles. The Morgan fingerprint density at radius 1 is 0.979 bits per heavy atom. The van der Waals surface area contributed by atoms with E-state index in [0.29, 0.717) is 21.6 Å². The van der Waals surface area contributed by atoms with Gasteiger partial charge in [-0.15, -0.1) is 11.3 Å². The van der Waals surface area contributed by atoms with Gasteiger partial charge in [0.25, 0.3) is 6.43 Å². The van der Waals surface area contributed by atoms with Gasteiger partial charge in [-0.2, -0.15) is 0 Å². The molecule has 254 valence electrons. The molecule has 0 bridgehead atoms. The average molecular weight is 678 g/mol. The van der Waals surface area contributed by atoms with Gasteiger partial charge in [0.05, 0.1) is 17.5 Å². The van der Waals surface area contributed by atoms with Gasteiger partial charge in [0.15, 0.2) is 17.2 Å². The van der Waals surface area contributed by atoms with E-state index in [1.807, 2.05) is 0 Å². The second-order valence-electron chi connectivity index (χ2n) is 12.9. The van der Waals surface area contributed by atoms with Gasteiger partial charge in [-0.25, -0.2) is 32.5 Å². The van der Waals surface area contributed by atoms with Crippen LogP contribution in [-0.4, -0.2) is 64.2 Å². The fourth-order valence-corrected chi connectivity index (χ4v) is 5.61. The number of aromatic nitrogens is 1. The second-order valence-corrected chi connectivity index (χ2v) is 14.0. The molecule has 0 aliphatic carbocycles. The summed E-state index contributed by atoms with van der Waals surface area (Å²) in [5.41, 5.74) is 0.122. The van der Waals surface area contributed by atoms with Crippen LogP contribution in [0.2, 0.25) is 0 Å². The minimum absolute atomic E-state index is 0.0480. The normalized spacial score (nSPS) is 18.2. The van der Waals surface area contributed by atoms with Crippen LogP contribution in [0.5, 0.6) is 0 Å². The number of hydrogen-bond donors (Lipinski definition) is 1. The largest absolute Gasteiger partial charge is 0.509 e. The molecule has 0 unspecified atom stereocenters. The number of nitrogens with one attached hydrogen (secondary N) is 1. The number of ether oxygens (including phenoxy) is 4. The number of likely N-dealkylation sites (tertiary alicyclic amines) is 1. The summed E-state index contributed by atoms with van der Waals surface area (Å²) in [4.78, 5) is 45.0. The molecule has 14 heteroatoms. The van der Waals surface area contributed by atoms with Crippen molar-refractivity contribution in [2.75, 3.05) is 6.54 Å². The van der Waals surface area contributed by atoms with E-state index in [2.05, 4.69) is 10.3 Å². The number of alkyl halides is 2. The van der Waals surface area contributed by atoms with Gasteiger partial charge in [0.2, 0.25) is 0 Å². The summed E-state index contributed by atoms with van der Waals surface area (Å²) in [5, 5.41) is 2.29. The van der Waals surface area contributed by atoms with E-state index in [-0.39, 0.29) is 24.5 Å². The molecule has 0 saturated carbocycles. The predicted octanol–water partition coefficient (Wildman–Crippen LogP) is 7.66. The molecule has 2 aromatic carbocycles. The van der Waals surface area contributed by atoms with Crippen LogP contribution in [0.25, 0.3) is 10.4 Å². The Morgan fingerprint density at radius 2 is 1.66 bits per heavy atom. The topological polar surface area (TPSA) is 116 Å². The van der Waals surface area contributed by atoms with Crippen LogP contribution in [0, 0.1) is 5.82 Å². The molecule has 3 atom stereocenters. The molecule has 1 saturated heterocycles. The molecule has 1 N–H and O–H groups in total. The zero-order valence-electron chi connectivity index (χ0n) is 26.9. The Morgan fingerprint density at radius 3 is 2.26 bits per heavy atom. The Kier molecular flexibility index (Phi) is 11.0.